The number of rotatable bonds is 3. The molecule has 0 aliphatic carbocycles. The van der Waals surface area contributed by atoms with Crippen molar-refractivity contribution in [2.24, 2.45) is 0 Å². The molecule has 0 spiro atoms. The maximum absolute atomic E-state index is 6.27. The van der Waals surface area contributed by atoms with Crippen LogP contribution in [0.1, 0.15) is 29.3 Å². The van der Waals surface area contributed by atoms with Crippen LogP contribution in [-0.2, 0) is 6.54 Å². The van der Waals surface area contributed by atoms with Crippen molar-refractivity contribution in [3.8, 4) is 0 Å². The molecular formula is C15H15ClN2O. The van der Waals surface area contributed by atoms with Gasteiger partial charge < -0.3 is 8.98 Å². The van der Waals surface area contributed by atoms with Gasteiger partial charge in [0.05, 0.1) is 35.5 Å². The molecule has 0 fully saturated rings. The Labute approximate surface area is 116 Å². The lowest BCUT2D eigenvalue weighted by atomic mass is 10.2. The number of aryl methyl sites for hydroxylation is 1. The van der Waals surface area contributed by atoms with E-state index in [1.165, 1.54) is 5.56 Å². The van der Waals surface area contributed by atoms with Crippen molar-refractivity contribution in [3.63, 3.8) is 0 Å². The van der Waals surface area contributed by atoms with Crippen LogP contribution in [0.5, 0.6) is 0 Å². The predicted molar refractivity (Wildman–Crippen MR) is 76.5 cm³/mol. The maximum atomic E-state index is 6.27. The Bertz CT molecular complexity index is 698. The zero-order chi connectivity index (χ0) is 13.4. The first-order valence-corrected chi connectivity index (χ1v) is 6.71. The van der Waals surface area contributed by atoms with Gasteiger partial charge in [0.2, 0.25) is 0 Å². The number of fused-ring (bicyclic) bond motifs is 1. The topological polar surface area (TPSA) is 31.0 Å². The number of halogens is 1. The highest BCUT2D eigenvalue weighted by molar-refractivity contribution is 6.20. The van der Waals surface area contributed by atoms with Crippen molar-refractivity contribution < 1.29 is 4.42 Å². The van der Waals surface area contributed by atoms with E-state index in [4.69, 9.17) is 16.0 Å². The van der Waals surface area contributed by atoms with E-state index >= 15 is 0 Å². The molecule has 1 unspecified atom stereocenters. The molecule has 0 aliphatic heterocycles. The second-order valence-corrected chi connectivity index (χ2v) is 5.40. The summed E-state index contributed by atoms with van der Waals surface area (Å²) in [6.07, 6.45) is 3.44. The van der Waals surface area contributed by atoms with E-state index in [2.05, 4.69) is 22.5 Å². The van der Waals surface area contributed by atoms with Crippen LogP contribution in [0.4, 0.5) is 0 Å². The van der Waals surface area contributed by atoms with Gasteiger partial charge in [-0.2, -0.15) is 0 Å². The van der Waals surface area contributed by atoms with Gasteiger partial charge in [-0.3, -0.25) is 0 Å². The van der Waals surface area contributed by atoms with E-state index < -0.39 is 0 Å². The standard InChI is InChI=1S/C15H15ClN2O/c1-10-4-3-5-13-14(10)18(15(17-13)11(2)16)8-12-6-7-19-9-12/h3-7,9,11H,8H2,1-2H3. The highest BCUT2D eigenvalue weighted by atomic mass is 35.5. The highest BCUT2D eigenvalue weighted by Crippen LogP contribution is 2.27. The van der Waals surface area contributed by atoms with Crippen molar-refractivity contribution in [1.29, 1.82) is 0 Å². The fourth-order valence-electron chi connectivity index (χ4n) is 2.41. The molecule has 3 rings (SSSR count). The van der Waals surface area contributed by atoms with E-state index in [-0.39, 0.29) is 5.38 Å². The van der Waals surface area contributed by atoms with Gasteiger partial charge in [-0.05, 0) is 31.5 Å². The fraction of sp³-hybridized carbons (Fsp3) is 0.267. The Morgan fingerprint density at radius 3 is 2.89 bits per heavy atom. The summed E-state index contributed by atoms with van der Waals surface area (Å²) < 4.78 is 7.31. The van der Waals surface area contributed by atoms with Crippen LogP contribution in [0.3, 0.4) is 0 Å². The van der Waals surface area contributed by atoms with Crippen LogP contribution >= 0.6 is 11.6 Å². The van der Waals surface area contributed by atoms with Gasteiger partial charge in [0.15, 0.2) is 0 Å². The Morgan fingerprint density at radius 2 is 2.21 bits per heavy atom. The predicted octanol–water partition coefficient (Wildman–Crippen LogP) is 4.29. The molecule has 2 aromatic heterocycles. The molecule has 0 N–H and O–H groups in total. The van der Waals surface area contributed by atoms with Crippen LogP contribution in [0, 0.1) is 6.92 Å². The number of alkyl halides is 1. The Morgan fingerprint density at radius 1 is 1.37 bits per heavy atom. The average Bonchev–Trinajstić information content (AvgIpc) is 2.98. The van der Waals surface area contributed by atoms with Gasteiger partial charge in [-0.15, -0.1) is 11.6 Å². The molecular weight excluding hydrogens is 260 g/mol. The number of aromatic nitrogens is 2. The van der Waals surface area contributed by atoms with Gasteiger partial charge in [0.25, 0.3) is 0 Å². The van der Waals surface area contributed by atoms with Gasteiger partial charge in [0, 0.05) is 5.56 Å². The number of para-hydroxylation sites is 1. The third kappa shape index (κ3) is 2.15. The van der Waals surface area contributed by atoms with Gasteiger partial charge >= 0.3 is 0 Å². The number of nitrogens with zero attached hydrogens (tertiary/aromatic N) is 2. The minimum atomic E-state index is -0.126. The molecule has 0 aliphatic rings. The molecule has 0 bridgehead atoms. The van der Waals surface area contributed by atoms with Crippen molar-refractivity contribution in [2.45, 2.75) is 25.8 Å². The number of imidazole rings is 1. The number of hydrogen-bond donors (Lipinski definition) is 0. The van der Waals surface area contributed by atoms with Crippen LogP contribution in [0.2, 0.25) is 0 Å². The van der Waals surface area contributed by atoms with Gasteiger partial charge in [-0.1, -0.05) is 12.1 Å². The Kier molecular flexibility index (Phi) is 3.07. The van der Waals surface area contributed by atoms with E-state index in [1.807, 2.05) is 25.1 Å². The molecule has 0 saturated heterocycles. The number of benzene rings is 1. The summed E-state index contributed by atoms with van der Waals surface area (Å²) in [5.41, 5.74) is 4.45. The second-order valence-electron chi connectivity index (χ2n) is 4.75. The van der Waals surface area contributed by atoms with E-state index in [1.54, 1.807) is 12.5 Å². The molecule has 1 atom stereocenters. The number of hydrogen-bond acceptors (Lipinski definition) is 2. The summed E-state index contributed by atoms with van der Waals surface area (Å²) in [6.45, 7) is 4.77. The van der Waals surface area contributed by atoms with Crippen LogP contribution in [0.15, 0.2) is 41.2 Å². The highest BCUT2D eigenvalue weighted by Gasteiger charge is 2.16. The summed E-state index contributed by atoms with van der Waals surface area (Å²) in [7, 11) is 0. The molecule has 3 aromatic rings. The zero-order valence-electron chi connectivity index (χ0n) is 10.9. The largest absolute Gasteiger partial charge is 0.472 e. The molecule has 3 nitrogen and oxygen atoms in total. The maximum Gasteiger partial charge on any atom is 0.128 e. The lowest BCUT2D eigenvalue weighted by Crippen LogP contribution is -2.05. The molecule has 0 amide bonds. The molecule has 19 heavy (non-hydrogen) atoms. The summed E-state index contributed by atoms with van der Waals surface area (Å²) in [5, 5.41) is -0.126. The minimum absolute atomic E-state index is 0.126. The van der Waals surface area contributed by atoms with Gasteiger partial charge in [0.1, 0.15) is 5.82 Å². The minimum Gasteiger partial charge on any atom is -0.472 e. The molecule has 1 aromatic carbocycles. The smallest absolute Gasteiger partial charge is 0.128 e. The van der Waals surface area contributed by atoms with E-state index in [0.717, 1.165) is 29.0 Å². The van der Waals surface area contributed by atoms with Crippen LogP contribution < -0.4 is 0 Å². The summed E-state index contributed by atoms with van der Waals surface area (Å²) in [6, 6.07) is 8.11. The first-order valence-electron chi connectivity index (χ1n) is 6.27. The van der Waals surface area contributed by atoms with Crippen LogP contribution in [0.25, 0.3) is 11.0 Å². The SMILES string of the molecule is Cc1cccc2nc(C(C)Cl)n(Cc3ccoc3)c12. The fourth-order valence-corrected chi connectivity index (χ4v) is 2.58. The van der Waals surface area contributed by atoms with Gasteiger partial charge in [-0.25, -0.2) is 4.98 Å². The third-order valence-corrected chi connectivity index (χ3v) is 3.47. The van der Waals surface area contributed by atoms with Crippen molar-refractivity contribution >= 4 is 22.6 Å². The summed E-state index contributed by atoms with van der Waals surface area (Å²) in [5.74, 6) is 0.896. The van der Waals surface area contributed by atoms with E-state index in [0.29, 0.717) is 0 Å². The summed E-state index contributed by atoms with van der Waals surface area (Å²) >= 11 is 6.27. The van der Waals surface area contributed by atoms with Crippen molar-refractivity contribution in [3.05, 3.63) is 53.7 Å². The summed E-state index contributed by atoms with van der Waals surface area (Å²) in [4.78, 5) is 4.65. The second kappa shape index (κ2) is 4.74. The third-order valence-electron chi connectivity index (χ3n) is 3.27. The molecule has 0 saturated carbocycles. The zero-order valence-corrected chi connectivity index (χ0v) is 11.7. The first kappa shape index (κ1) is 12.3. The van der Waals surface area contributed by atoms with Crippen molar-refractivity contribution in [2.75, 3.05) is 0 Å². The van der Waals surface area contributed by atoms with Crippen molar-refractivity contribution in [1.82, 2.24) is 9.55 Å². The molecule has 0 radical (unpaired) electrons. The quantitative estimate of drug-likeness (QED) is 0.667. The molecule has 98 valence electrons. The lowest BCUT2D eigenvalue weighted by molar-refractivity contribution is 0.562. The normalized spacial score (nSPS) is 13.0. The first-order chi connectivity index (χ1) is 9.16. The van der Waals surface area contributed by atoms with Crippen LogP contribution in [-0.4, -0.2) is 9.55 Å². The number of furan rings is 1. The lowest BCUT2D eigenvalue weighted by Gasteiger charge is -2.10. The molecule has 4 heteroatoms. The Hall–Kier alpha value is -1.74. The molecule has 2 heterocycles. The monoisotopic (exact) mass is 274 g/mol. The van der Waals surface area contributed by atoms with E-state index in [9.17, 15) is 0 Å². The Balaban J connectivity index is 2.21. The average molecular weight is 275 g/mol.